The van der Waals surface area contributed by atoms with Crippen molar-refractivity contribution < 1.29 is 9.63 Å². The van der Waals surface area contributed by atoms with E-state index < -0.39 is 0 Å². The fourth-order valence-electron chi connectivity index (χ4n) is 2.27. The Labute approximate surface area is 155 Å². The smallest absolute Gasteiger partial charge is 0.265 e. The summed E-state index contributed by atoms with van der Waals surface area (Å²) in [6, 6.07) is 19.0. The molecule has 0 atom stereocenters. The van der Waals surface area contributed by atoms with Gasteiger partial charge in [0.2, 0.25) is 0 Å². The Hall–Kier alpha value is -2.56. The normalized spacial score (nSPS) is 11.0. The topological polar surface area (TPSA) is 50.7 Å². The van der Waals surface area contributed by atoms with Crippen molar-refractivity contribution in [3.8, 4) is 0 Å². The van der Waals surface area contributed by atoms with E-state index in [1.165, 1.54) is 0 Å². The molecule has 0 aliphatic rings. The van der Waals surface area contributed by atoms with Crippen LogP contribution in [0.2, 0.25) is 10.0 Å². The molecule has 25 heavy (non-hydrogen) atoms. The van der Waals surface area contributed by atoms with E-state index in [1.54, 1.807) is 24.4 Å². The van der Waals surface area contributed by atoms with E-state index in [9.17, 15) is 4.79 Å². The van der Waals surface area contributed by atoms with E-state index in [4.69, 9.17) is 28.0 Å². The molecule has 0 saturated heterocycles. The van der Waals surface area contributed by atoms with Crippen molar-refractivity contribution in [2.24, 2.45) is 5.16 Å². The maximum atomic E-state index is 11.9. The molecule has 0 unspecified atom stereocenters. The molecule has 0 bridgehead atoms. The molecule has 4 nitrogen and oxygen atoms in total. The first-order valence-corrected chi connectivity index (χ1v) is 8.27. The first kappa shape index (κ1) is 17.3. The van der Waals surface area contributed by atoms with Crippen LogP contribution in [0.5, 0.6) is 0 Å². The lowest BCUT2D eigenvalue weighted by molar-refractivity contribution is -0.120. The predicted octanol–water partition coefficient (Wildman–Crippen LogP) is 5.14. The molecule has 3 aromatic rings. The number of hydrogen-bond acceptors (Lipinski definition) is 3. The lowest BCUT2D eigenvalue weighted by Crippen LogP contribution is -2.17. The summed E-state index contributed by atoms with van der Waals surface area (Å²) in [4.78, 5) is 16.9. The molecule has 3 rings (SSSR count). The van der Waals surface area contributed by atoms with E-state index in [0.717, 1.165) is 16.3 Å². The summed E-state index contributed by atoms with van der Waals surface area (Å²) >= 11 is 11.9. The van der Waals surface area contributed by atoms with Crippen LogP contribution in [0.1, 0.15) is 5.56 Å². The van der Waals surface area contributed by atoms with Crippen LogP contribution in [0.3, 0.4) is 0 Å². The van der Waals surface area contributed by atoms with Gasteiger partial charge in [-0.2, -0.15) is 0 Å². The molecule has 3 aromatic carbocycles. The number of carbonyl (C=O) groups is 1. The van der Waals surface area contributed by atoms with Gasteiger partial charge in [0.15, 0.2) is 6.61 Å². The fourth-order valence-corrected chi connectivity index (χ4v) is 2.62. The average Bonchev–Trinajstić information content (AvgIpc) is 2.62. The minimum Gasteiger partial charge on any atom is -0.386 e. The third kappa shape index (κ3) is 4.50. The number of nitrogens with zero attached hydrogens (tertiary/aromatic N) is 1. The second-order valence-electron chi connectivity index (χ2n) is 5.26. The van der Waals surface area contributed by atoms with Gasteiger partial charge >= 0.3 is 0 Å². The van der Waals surface area contributed by atoms with Gasteiger partial charge in [-0.15, -0.1) is 0 Å². The Balaban J connectivity index is 1.55. The number of anilines is 1. The van der Waals surface area contributed by atoms with E-state index in [1.807, 2.05) is 42.5 Å². The van der Waals surface area contributed by atoms with Crippen molar-refractivity contribution in [1.29, 1.82) is 0 Å². The summed E-state index contributed by atoms with van der Waals surface area (Å²) in [5.41, 5.74) is 1.32. The van der Waals surface area contributed by atoms with Gasteiger partial charge < -0.3 is 10.2 Å². The van der Waals surface area contributed by atoms with Crippen LogP contribution in [-0.2, 0) is 9.63 Å². The van der Waals surface area contributed by atoms with Gasteiger partial charge in [0.05, 0.1) is 21.9 Å². The van der Waals surface area contributed by atoms with E-state index in [2.05, 4.69) is 10.5 Å². The first-order valence-electron chi connectivity index (χ1n) is 7.51. The number of halogens is 2. The Morgan fingerprint density at radius 2 is 1.84 bits per heavy atom. The number of rotatable bonds is 5. The van der Waals surface area contributed by atoms with Crippen LogP contribution < -0.4 is 5.32 Å². The Morgan fingerprint density at radius 3 is 2.68 bits per heavy atom. The zero-order chi connectivity index (χ0) is 17.6. The summed E-state index contributed by atoms with van der Waals surface area (Å²) in [6.07, 6.45) is 1.56. The van der Waals surface area contributed by atoms with Crippen LogP contribution in [-0.4, -0.2) is 18.7 Å². The highest BCUT2D eigenvalue weighted by Crippen LogP contribution is 2.29. The van der Waals surface area contributed by atoms with Gasteiger partial charge in [-0.25, -0.2) is 0 Å². The van der Waals surface area contributed by atoms with Crippen molar-refractivity contribution in [3.05, 3.63) is 76.3 Å². The van der Waals surface area contributed by atoms with Crippen molar-refractivity contribution in [2.45, 2.75) is 0 Å². The van der Waals surface area contributed by atoms with Crippen LogP contribution in [0.4, 0.5) is 5.69 Å². The van der Waals surface area contributed by atoms with Gasteiger partial charge in [0, 0.05) is 0 Å². The zero-order valence-electron chi connectivity index (χ0n) is 13.1. The second kappa shape index (κ2) is 8.01. The molecule has 0 fully saturated rings. The van der Waals surface area contributed by atoms with Crippen molar-refractivity contribution >= 4 is 51.8 Å². The standard InChI is InChI=1S/C19H14Cl2N2O2/c20-16-6-3-7-17(19(16)21)23-18(24)12-25-22-11-13-8-9-14-4-1-2-5-15(14)10-13/h1-11H,12H2,(H,23,24)/b22-11+. The number of hydrogen-bond donors (Lipinski definition) is 1. The van der Waals surface area contributed by atoms with Crippen LogP contribution in [0.15, 0.2) is 65.8 Å². The number of benzene rings is 3. The molecule has 1 N–H and O–H groups in total. The monoisotopic (exact) mass is 372 g/mol. The Morgan fingerprint density at radius 1 is 1.04 bits per heavy atom. The van der Waals surface area contributed by atoms with Gasteiger partial charge in [-0.1, -0.05) is 70.8 Å². The second-order valence-corrected chi connectivity index (χ2v) is 6.05. The van der Waals surface area contributed by atoms with Gasteiger partial charge in [-0.05, 0) is 34.5 Å². The largest absolute Gasteiger partial charge is 0.386 e. The molecule has 0 heterocycles. The molecule has 0 aromatic heterocycles. The minimum atomic E-state index is -0.375. The maximum absolute atomic E-state index is 11.9. The van der Waals surface area contributed by atoms with E-state index >= 15 is 0 Å². The highest BCUT2D eigenvalue weighted by molar-refractivity contribution is 6.44. The van der Waals surface area contributed by atoms with E-state index in [0.29, 0.717) is 10.7 Å². The molecule has 1 amide bonds. The number of amides is 1. The highest BCUT2D eigenvalue weighted by atomic mass is 35.5. The summed E-state index contributed by atoms with van der Waals surface area (Å²) in [7, 11) is 0. The third-order valence-corrected chi connectivity index (χ3v) is 4.29. The number of nitrogens with one attached hydrogen (secondary N) is 1. The van der Waals surface area contributed by atoms with Crippen LogP contribution in [0, 0.1) is 0 Å². The molecule has 0 radical (unpaired) electrons. The van der Waals surface area contributed by atoms with Gasteiger partial charge in [0.25, 0.3) is 5.91 Å². The molecular formula is C19H14Cl2N2O2. The van der Waals surface area contributed by atoms with Gasteiger partial charge in [0.1, 0.15) is 0 Å². The summed E-state index contributed by atoms with van der Waals surface area (Å²) in [5, 5.41) is 9.37. The lowest BCUT2D eigenvalue weighted by atomic mass is 10.1. The SMILES string of the molecule is O=C(CO/N=C/c1ccc2ccccc2c1)Nc1cccc(Cl)c1Cl. The number of fused-ring (bicyclic) bond motifs is 1. The number of oxime groups is 1. The lowest BCUT2D eigenvalue weighted by Gasteiger charge is -2.07. The van der Waals surface area contributed by atoms with Crippen molar-refractivity contribution in [3.63, 3.8) is 0 Å². The zero-order valence-corrected chi connectivity index (χ0v) is 14.6. The first-order chi connectivity index (χ1) is 12.1. The Bertz CT molecular complexity index is 942. The average molecular weight is 373 g/mol. The molecule has 0 aliphatic heterocycles. The van der Waals surface area contributed by atoms with Crippen LogP contribution in [0.25, 0.3) is 10.8 Å². The Kier molecular flexibility index (Phi) is 5.53. The fraction of sp³-hybridized carbons (Fsp3) is 0.0526. The molecule has 0 spiro atoms. The minimum absolute atomic E-state index is 0.229. The maximum Gasteiger partial charge on any atom is 0.265 e. The van der Waals surface area contributed by atoms with Crippen molar-refractivity contribution in [2.75, 3.05) is 11.9 Å². The van der Waals surface area contributed by atoms with Gasteiger partial charge in [-0.3, -0.25) is 4.79 Å². The number of carbonyl (C=O) groups excluding carboxylic acids is 1. The molecular weight excluding hydrogens is 359 g/mol. The van der Waals surface area contributed by atoms with Crippen LogP contribution >= 0.6 is 23.2 Å². The highest BCUT2D eigenvalue weighted by Gasteiger charge is 2.08. The molecule has 126 valence electrons. The quantitative estimate of drug-likeness (QED) is 0.498. The molecule has 6 heteroatoms. The predicted molar refractivity (Wildman–Crippen MR) is 103 cm³/mol. The molecule has 0 saturated carbocycles. The third-order valence-electron chi connectivity index (χ3n) is 3.47. The molecule has 0 aliphatic carbocycles. The summed E-state index contributed by atoms with van der Waals surface area (Å²) < 4.78 is 0. The van der Waals surface area contributed by atoms with Crippen molar-refractivity contribution in [1.82, 2.24) is 0 Å². The summed E-state index contributed by atoms with van der Waals surface area (Å²) in [5.74, 6) is -0.375. The summed E-state index contributed by atoms with van der Waals surface area (Å²) in [6.45, 7) is -0.229. The van der Waals surface area contributed by atoms with E-state index in [-0.39, 0.29) is 17.5 Å².